The van der Waals surface area contributed by atoms with Crippen molar-refractivity contribution in [3.8, 4) is 11.8 Å². The molecule has 0 atom stereocenters. The van der Waals surface area contributed by atoms with Crippen molar-refractivity contribution in [1.82, 2.24) is 4.98 Å². The second-order valence-corrected chi connectivity index (χ2v) is 3.51. The summed E-state index contributed by atoms with van der Waals surface area (Å²) in [6.45, 7) is 3.13. The lowest BCUT2D eigenvalue weighted by Gasteiger charge is -2.13. The molecular formula is C11H15F2NO2. The first-order valence-corrected chi connectivity index (χ1v) is 5.13. The Morgan fingerprint density at radius 3 is 2.50 bits per heavy atom. The number of halogens is 2. The lowest BCUT2D eigenvalue weighted by Crippen LogP contribution is -2.08. The van der Waals surface area contributed by atoms with E-state index in [0.717, 1.165) is 0 Å². The lowest BCUT2D eigenvalue weighted by molar-refractivity contribution is -0.0538. The monoisotopic (exact) mass is 231 g/mol. The van der Waals surface area contributed by atoms with E-state index < -0.39 is 6.61 Å². The van der Waals surface area contributed by atoms with Crippen LogP contribution in [0.5, 0.6) is 11.8 Å². The van der Waals surface area contributed by atoms with Crippen LogP contribution in [0.25, 0.3) is 0 Å². The molecule has 0 saturated heterocycles. The molecule has 1 aromatic heterocycles. The zero-order valence-corrected chi connectivity index (χ0v) is 9.54. The quantitative estimate of drug-likeness (QED) is 0.779. The molecule has 0 aliphatic rings. The Morgan fingerprint density at radius 1 is 1.31 bits per heavy atom. The van der Waals surface area contributed by atoms with Crippen LogP contribution in [0.2, 0.25) is 0 Å². The molecule has 0 aliphatic carbocycles. The molecule has 0 radical (unpaired) electrons. The summed E-state index contributed by atoms with van der Waals surface area (Å²) in [4.78, 5) is 3.90. The van der Waals surface area contributed by atoms with E-state index in [1.165, 1.54) is 0 Å². The maximum atomic E-state index is 12.2. The molecule has 0 amide bonds. The van der Waals surface area contributed by atoms with Crippen LogP contribution in [0.4, 0.5) is 8.78 Å². The smallest absolute Gasteiger partial charge is 0.388 e. The Kier molecular flexibility index (Phi) is 4.46. The van der Waals surface area contributed by atoms with Gasteiger partial charge in [-0.1, -0.05) is 13.8 Å². The van der Waals surface area contributed by atoms with Gasteiger partial charge in [0.05, 0.1) is 6.61 Å². The van der Waals surface area contributed by atoms with Crippen molar-refractivity contribution in [2.24, 2.45) is 0 Å². The maximum absolute atomic E-state index is 12.2. The third-order valence-electron chi connectivity index (χ3n) is 1.98. The van der Waals surface area contributed by atoms with Crippen LogP contribution in [0.3, 0.4) is 0 Å². The van der Waals surface area contributed by atoms with Crippen LogP contribution in [0.1, 0.15) is 32.3 Å². The minimum absolute atomic E-state index is 0.0593. The van der Waals surface area contributed by atoms with E-state index in [4.69, 9.17) is 4.74 Å². The molecule has 0 N–H and O–H groups in total. The zero-order chi connectivity index (χ0) is 12.1. The molecule has 0 saturated carbocycles. The van der Waals surface area contributed by atoms with Gasteiger partial charge in [-0.2, -0.15) is 13.8 Å². The summed E-state index contributed by atoms with van der Waals surface area (Å²) >= 11 is 0. The fourth-order valence-corrected chi connectivity index (χ4v) is 1.28. The second kappa shape index (κ2) is 5.63. The van der Waals surface area contributed by atoms with Gasteiger partial charge in [-0.15, -0.1) is 0 Å². The number of nitrogens with zero attached hydrogens (tertiary/aromatic N) is 1. The van der Waals surface area contributed by atoms with Crippen LogP contribution in [0.15, 0.2) is 12.1 Å². The van der Waals surface area contributed by atoms with Crippen molar-refractivity contribution in [3.05, 3.63) is 17.7 Å². The van der Waals surface area contributed by atoms with Crippen molar-refractivity contribution in [2.45, 2.75) is 33.3 Å². The fraction of sp³-hybridized carbons (Fsp3) is 0.545. The van der Waals surface area contributed by atoms with E-state index in [-0.39, 0.29) is 11.8 Å². The second-order valence-electron chi connectivity index (χ2n) is 3.51. The first-order valence-electron chi connectivity index (χ1n) is 5.13. The highest BCUT2D eigenvalue weighted by Gasteiger charge is 2.15. The molecule has 0 aliphatic heterocycles. The Hall–Kier alpha value is -1.39. The largest absolute Gasteiger partial charge is 0.478 e. The van der Waals surface area contributed by atoms with Crippen LogP contribution < -0.4 is 9.47 Å². The number of hydrogen-bond donors (Lipinski definition) is 0. The Balaban J connectivity index is 3.00. The minimum atomic E-state index is -2.87. The number of rotatable bonds is 5. The van der Waals surface area contributed by atoms with Crippen LogP contribution in [-0.4, -0.2) is 18.2 Å². The Morgan fingerprint density at radius 2 is 2.00 bits per heavy atom. The average Bonchev–Trinajstić information content (AvgIpc) is 2.16. The normalized spacial score (nSPS) is 10.9. The van der Waals surface area contributed by atoms with Gasteiger partial charge in [0.15, 0.2) is 0 Å². The predicted octanol–water partition coefficient (Wildman–Crippen LogP) is 3.21. The number of aromatic nitrogens is 1. The summed E-state index contributed by atoms with van der Waals surface area (Å²) in [6.07, 6.45) is 0. The zero-order valence-electron chi connectivity index (χ0n) is 9.54. The highest BCUT2D eigenvalue weighted by atomic mass is 19.3. The van der Waals surface area contributed by atoms with Gasteiger partial charge in [0, 0.05) is 11.6 Å². The van der Waals surface area contributed by atoms with Crippen molar-refractivity contribution in [1.29, 1.82) is 0 Å². The molecule has 0 spiro atoms. The lowest BCUT2D eigenvalue weighted by atomic mass is 10.1. The van der Waals surface area contributed by atoms with Gasteiger partial charge < -0.3 is 9.47 Å². The highest BCUT2D eigenvalue weighted by Crippen LogP contribution is 2.28. The van der Waals surface area contributed by atoms with Gasteiger partial charge in [0.25, 0.3) is 0 Å². The summed E-state index contributed by atoms with van der Waals surface area (Å²) in [5.74, 6) is 0.301. The van der Waals surface area contributed by atoms with Crippen LogP contribution >= 0.6 is 0 Å². The van der Waals surface area contributed by atoms with Gasteiger partial charge in [-0.3, -0.25) is 0 Å². The molecule has 0 aromatic carbocycles. The van der Waals surface area contributed by atoms with Gasteiger partial charge in [-0.25, -0.2) is 0 Å². The van der Waals surface area contributed by atoms with Gasteiger partial charge >= 0.3 is 6.61 Å². The third-order valence-corrected chi connectivity index (χ3v) is 1.98. The van der Waals surface area contributed by atoms with Gasteiger partial charge in [0.1, 0.15) is 0 Å². The van der Waals surface area contributed by atoms with E-state index in [9.17, 15) is 8.78 Å². The molecule has 0 fully saturated rings. The van der Waals surface area contributed by atoms with Crippen molar-refractivity contribution >= 4 is 0 Å². The summed E-state index contributed by atoms with van der Waals surface area (Å²) in [5.41, 5.74) is 0.642. The van der Waals surface area contributed by atoms with Crippen molar-refractivity contribution in [3.63, 3.8) is 0 Å². The molecule has 1 aromatic rings. The predicted molar refractivity (Wildman–Crippen MR) is 56.1 cm³/mol. The van der Waals surface area contributed by atoms with E-state index >= 15 is 0 Å². The molecule has 1 rings (SSSR count). The highest BCUT2D eigenvalue weighted by molar-refractivity contribution is 5.33. The molecule has 0 bridgehead atoms. The molecule has 1 heterocycles. The SMILES string of the molecule is CCOc1ccc(C(C)C)c(OC(F)F)n1. The first-order chi connectivity index (χ1) is 7.54. The van der Waals surface area contributed by atoms with Gasteiger partial charge in [-0.05, 0) is 18.9 Å². The molecule has 5 heteroatoms. The fourth-order valence-electron chi connectivity index (χ4n) is 1.28. The number of alkyl halides is 2. The third kappa shape index (κ3) is 3.32. The first kappa shape index (κ1) is 12.7. The standard InChI is InChI=1S/C11H15F2NO2/c1-4-15-9-6-5-8(7(2)3)10(14-9)16-11(12)13/h5-7,11H,4H2,1-3H3. The minimum Gasteiger partial charge on any atom is -0.478 e. The summed E-state index contributed by atoms with van der Waals surface area (Å²) < 4.78 is 33.9. The van der Waals surface area contributed by atoms with Crippen molar-refractivity contribution in [2.75, 3.05) is 6.61 Å². The molecule has 90 valence electrons. The van der Waals surface area contributed by atoms with Crippen molar-refractivity contribution < 1.29 is 18.3 Å². The summed E-state index contributed by atoms with van der Waals surface area (Å²) in [5, 5.41) is 0. The Labute approximate surface area is 93.4 Å². The van der Waals surface area contributed by atoms with Gasteiger partial charge in [0.2, 0.25) is 11.8 Å². The molecular weight excluding hydrogens is 216 g/mol. The Bertz CT molecular complexity index is 343. The molecule has 0 unspecified atom stereocenters. The molecule has 3 nitrogen and oxygen atoms in total. The number of pyridine rings is 1. The number of hydrogen-bond acceptors (Lipinski definition) is 3. The number of ether oxygens (including phenoxy) is 2. The summed E-state index contributed by atoms with van der Waals surface area (Å²) in [7, 11) is 0. The van der Waals surface area contributed by atoms with E-state index in [2.05, 4.69) is 9.72 Å². The van der Waals surface area contributed by atoms with Crippen LogP contribution in [0, 0.1) is 0 Å². The van der Waals surface area contributed by atoms with E-state index in [0.29, 0.717) is 18.1 Å². The summed E-state index contributed by atoms with van der Waals surface area (Å²) in [6, 6.07) is 3.34. The van der Waals surface area contributed by atoms with E-state index in [1.54, 1.807) is 19.1 Å². The maximum Gasteiger partial charge on any atom is 0.388 e. The van der Waals surface area contributed by atoms with E-state index in [1.807, 2.05) is 13.8 Å². The topological polar surface area (TPSA) is 31.4 Å². The molecule has 16 heavy (non-hydrogen) atoms. The average molecular weight is 231 g/mol. The van der Waals surface area contributed by atoms with Crippen LogP contribution in [-0.2, 0) is 0 Å².